The van der Waals surface area contributed by atoms with E-state index >= 15 is 0 Å². The van der Waals surface area contributed by atoms with E-state index in [1.807, 2.05) is 19.9 Å². The molecule has 0 heterocycles. The molecule has 0 fully saturated rings. The van der Waals surface area contributed by atoms with Crippen LogP contribution in [0.1, 0.15) is 47.5 Å². The van der Waals surface area contributed by atoms with Crippen LogP contribution in [-0.2, 0) is 4.74 Å². The topological polar surface area (TPSA) is 74.2 Å². The van der Waals surface area contributed by atoms with E-state index in [4.69, 9.17) is 10.00 Å². The van der Waals surface area contributed by atoms with Crippen molar-refractivity contribution in [1.29, 1.82) is 5.26 Å². The number of carbonyl (C=O) groups is 1. The van der Waals surface area contributed by atoms with Crippen LogP contribution < -0.4 is 10.6 Å². The largest absolute Gasteiger partial charge is 0.444 e. The van der Waals surface area contributed by atoms with Gasteiger partial charge in [-0.1, -0.05) is 13.8 Å². The van der Waals surface area contributed by atoms with Gasteiger partial charge in [-0.15, -0.1) is 0 Å². The summed E-state index contributed by atoms with van der Waals surface area (Å²) < 4.78 is 32.2. The molecule has 7 heteroatoms. The molecule has 22 heavy (non-hydrogen) atoms. The number of rotatable bonds is 8. The van der Waals surface area contributed by atoms with Crippen molar-refractivity contribution in [3.63, 3.8) is 0 Å². The number of nitrogens with one attached hydrogen (secondary N) is 2. The van der Waals surface area contributed by atoms with Gasteiger partial charge < -0.3 is 15.4 Å². The first-order valence-electron chi connectivity index (χ1n) is 7.29. The van der Waals surface area contributed by atoms with Crippen molar-refractivity contribution in [2.75, 3.05) is 19.6 Å². The van der Waals surface area contributed by atoms with Gasteiger partial charge in [0.1, 0.15) is 5.60 Å². The number of halogens is 2. The van der Waals surface area contributed by atoms with Gasteiger partial charge in [-0.3, -0.25) is 0 Å². The van der Waals surface area contributed by atoms with E-state index in [1.54, 1.807) is 20.8 Å². The molecule has 128 valence electrons. The Bertz CT molecular complexity index is 399. The van der Waals surface area contributed by atoms with Gasteiger partial charge in [-0.2, -0.15) is 5.26 Å². The number of hydrogen-bond donors (Lipinski definition) is 2. The highest BCUT2D eigenvalue weighted by Gasteiger charge is 2.31. The van der Waals surface area contributed by atoms with Crippen LogP contribution in [0.25, 0.3) is 0 Å². The number of ether oxygens (including phenoxy) is 1. The number of alkyl halides is 2. The zero-order valence-electron chi connectivity index (χ0n) is 14.1. The highest BCUT2D eigenvalue weighted by atomic mass is 19.3. The standard InChI is InChI=1S/C15H27F2N3O2/c1-13(2,3)22-12(21)20-11-15(16,17)10-19-9-14(4,5)7-6-8-18/h19H,6-7,9-11H2,1-5H3,(H,20,21). The Kier molecular flexibility index (Phi) is 7.74. The van der Waals surface area contributed by atoms with Crippen molar-refractivity contribution in [3.8, 4) is 6.07 Å². The van der Waals surface area contributed by atoms with Crippen LogP contribution in [0.2, 0.25) is 0 Å². The number of alkyl carbamates (subject to hydrolysis) is 1. The smallest absolute Gasteiger partial charge is 0.407 e. The number of nitriles is 1. The van der Waals surface area contributed by atoms with Gasteiger partial charge in [0.05, 0.1) is 19.2 Å². The van der Waals surface area contributed by atoms with E-state index in [9.17, 15) is 13.6 Å². The average Bonchev–Trinajstić information content (AvgIpc) is 2.32. The predicted molar refractivity (Wildman–Crippen MR) is 80.7 cm³/mol. The Balaban J connectivity index is 4.10. The van der Waals surface area contributed by atoms with Gasteiger partial charge in [0.2, 0.25) is 0 Å². The van der Waals surface area contributed by atoms with Crippen LogP contribution in [-0.4, -0.2) is 37.3 Å². The Labute approximate surface area is 131 Å². The zero-order chi connectivity index (χ0) is 17.4. The Morgan fingerprint density at radius 2 is 1.73 bits per heavy atom. The Hall–Kier alpha value is -1.42. The number of nitrogens with zero attached hydrogens (tertiary/aromatic N) is 1. The molecule has 2 N–H and O–H groups in total. The third-order valence-electron chi connectivity index (χ3n) is 2.79. The van der Waals surface area contributed by atoms with Crippen molar-refractivity contribution in [3.05, 3.63) is 0 Å². The van der Waals surface area contributed by atoms with Gasteiger partial charge in [0.15, 0.2) is 0 Å². The van der Waals surface area contributed by atoms with Gasteiger partial charge in [0, 0.05) is 13.0 Å². The normalized spacial score (nSPS) is 12.6. The molecule has 0 aromatic carbocycles. The van der Waals surface area contributed by atoms with Gasteiger partial charge >= 0.3 is 6.09 Å². The van der Waals surface area contributed by atoms with E-state index in [1.165, 1.54) is 0 Å². The maximum Gasteiger partial charge on any atom is 0.407 e. The molecule has 1 amide bonds. The highest BCUT2D eigenvalue weighted by molar-refractivity contribution is 5.67. The molecule has 0 radical (unpaired) electrons. The van der Waals surface area contributed by atoms with Gasteiger partial charge in [-0.05, 0) is 32.6 Å². The molecule has 0 aliphatic heterocycles. The lowest BCUT2D eigenvalue weighted by Crippen LogP contribution is -2.46. The minimum absolute atomic E-state index is 0.232. The fourth-order valence-electron chi connectivity index (χ4n) is 1.64. The minimum Gasteiger partial charge on any atom is -0.444 e. The van der Waals surface area contributed by atoms with Crippen molar-refractivity contribution < 1.29 is 18.3 Å². The van der Waals surface area contributed by atoms with Crippen LogP contribution in [0.15, 0.2) is 0 Å². The van der Waals surface area contributed by atoms with Crippen LogP contribution in [0, 0.1) is 16.7 Å². The lowest BCUT2D eigenvalue weighted by Gasteiger charge is -2.26. The monoisotopic (exact) mass is 319 g/mol. The maximum absolute atomic E-state index is 13.7. The molecule has 0 saturated heterocycles. The molecule has 0 unspecified atom stereocenters. The van der Waals surface area contributed by atoms with Crippen molar-refractivity contribution in [2.24, 2.45) is 5.41 Å². The summed E-state index contributed by atoms with van der Waals surface area (Å²) in [6.07, 6.45) is 0.172. The number of amides is 1. The van der Waals surface area contributed by atoms with Crippen molar-refractivity contribution >= 4 is 6.09 Å². The number of carbonyl (C=O) groups excluding carboxylic acids is 1. The van der Waals surface area contributed by atoms with Crippen molar-refractivity contribution in [2.45, 2.75) is 59.0 Å². The molecule has 0 aromatic heterocycles. The molecular formula is C15H27F2N3O2. The SMILES string of the molecule is CC(C)(CCC#N)CNCC(F)(F)CNC(=O)OC(C)(C)C. The summed E-state index contributed by atoms with van der Waals surface area (Å²) in [7, 11) is 0. The fraction of sp³-hybridized carbons (Fsp3) is 0.867. The molecule has 0 aliphatic rings. The van der Waals surface area contributed by atoms with E-state index in [0.29, 0.717) is 19.4 Å². The highest BCUT2D eigenvalue weighted by Crippen LogP contribution is 2.21. The minimum atomic E-state index is -3.07. The molecule has 5 nitrogen and oxygen atoms in total. The predicted octanol–water partition coefficient (Wildman–Crippen LogP) is 3.07. The summed E-state index contributed by atoms with van der Waals surface area (Å²) in [4.78, 5) is 11.3. The zero-order valence-corrected chi connectivity index (χ0v) is 14.1. The third-order valence-corrected chi connectivity index (χ3v) is 2.79. The first kappa shape index (κ1) is 20.6. The second kappa shape index (κ2) is 8.28. The van der Waals surface area contributed by atoms with Crippen LogP contribution in [0.4, 0.5) is 13.6 Å². The summed E-state index contributed by atoms with van der Waals surface area (Å²) in [5, 5.41) is 13.3. The molecule has 0 saturated carbocycles. The summed E-state index contributed by atoms with van der Waals surface area (Å²) in [5.74, 6) is -3.07. The first-order chi connectivity index (χ1) is 9.87. The maximum atomic E-state index is 13.7. The molecule has 0 bridgehead atoms. The van der Waals surface area contributed by atoms with Crippen LogP contribution in [0.3, 0.4) is 0 Å². The lowest BCUT2D eigenvalue weighted by molar-refractivity contribution is -0.00505. The van der Waals surface area contributed by atoms with E-state index in [2.05, 4.69) is 10.6 Å². The summed E-state index contributed by atoms with van der Waals surface area (Å²) in [6, 6.07) is 2.04. The third kappa shape index (κ3) is 11.3. The van der Waals surface area contributed by atoms with E-state index < -0.39 is 30.7 Å². The van der Waals surface area contributed by atoms with Crippen LogP contribution in [0.5, 0.6) is 0 Å². The molecule has 0 rings (SSSR count). The average molecular weight is 319 g/mol. The molecule has 0 aromatic rings. The molecular weight excluding hydrogens is 292 g/mol. The Morgan fingerprint density at radius 1 is 1.14 bits per heavy atom. The summed E-state index contributed by atoms with van der Waals surface area (Å²) in [6.45, 7) is 7.85. The summed E-state index contributed by atoms with van der Waals surface area (Å²) in [5.41, 5.74) is -0.952. The van der Waals surface area contributed by atoms with Crippen LogP contribution >= 0.6 is 0 Å². The molecule has 0 aliphatic carbocycles. The first-order valence-corrected chi connectivity index (χ1v) is 7.29. The van der Waals surface area contributed by atoms with Gasteiger partial charge in [-0.25, -0.2) is 13.6 Å². The second-order valence-electron chi connectivity index (χ2n) is 7.14. The van der Waals surface area contributed by atoms with Crippen molar-refractivity contribution in [1.82, 2.24) is 10.6 Å². The fourth-order valence-corrected chi connectivity index (χ4v) is 1.64. The second-order valence-corrected chi connectivity index (χ2v) is 7.14. The van der Waals surface area contributed by atoms with E-state index in [0.717, 1.165) is 0 Å². The quantitative estimate of drug-likeness (QED) is 0.721. The van der Waals surface area contributed by atoms with Gasteiger partial charge in [0.25, 0.3) is 5.92 Å². The van der Waals surface area contributed by atoms with E-state index in [-0.39, 0.29) is 5.41 Å². The molecule has 0 atom stereocenters. The molecule has 0 spiro atoms. The Morgan fingerprint density at radius 3 is 2.23 bits per heavy atom. The lowest BCUT2D eigenvalue weighted by atomic mass is 9.88. The number of hydrogen-bond acceptors (Lipinski definition) is 4. The summed E-state index contributed by atoms with van der Waals surface area (Å²) >= 11 is 0.